The standard InChI is InChI=1S/C12H11BrN2O3/c1-17-11-7(4-3-5-8(11)13)9-6-10(15-14-9)12(16)18-2/h3-6H,1-2H3,(H,14,15). The van der Waals surface area contributed by atoms with Crippen LogP contribution < -0.4 is 4.74 Å². The van der Waals surface area contributed by atoms with Gasteiger partial charge in [-0.3, -0.25) is 5.10 Å². The Labute approximate surface area is 112 Å². The van der Waals surface area contributed by atoms with E-state index in [2.05, 4.69) is 30.9 Å². The number of carbonyl (C=O) groups excluding carboxylic acids is 1. The number of hydrogen-bond donors (Lipinski definition) is 1. The molecule has 2 aromatic rings. The Morgan fingerprint density at radius 2 is 2.17 bits per heavy atom. The fraction of sp³-hybridized carbons (Fsp3) is 0.167. The molecule has 1 heterocycles. The third kappa shape index (κ3) is 2.24. The average Bonchev–Trinajstić information content (AvgIpc) is 2.87. The largest absolute Gasteiger partial charge is 0.495 e. The van der Waals surface area contributed by atoms with Crippen LogP contribution in [0.1, 0.15) is 10.5 Å². The van der Waals surface area contributed by atoms with Gasteiger partial charge in [0, 0.05) is 5.56 Å². The summed E-state index contributed by atoms with van der Waals surface area (Å²) in [4.78, 5) is 11.3. The van der Waals surface area contributed by atoms with Crippen LogP contribution in [0.15, 0.2) is 28.7 Å². The monoisotopic (exact) mass is 310 g/mol. The molecule has 0 aliphatic carbocycles. The van der Waals surface area contributed by atoms with Gasteiger partial charge in [0.1, 0.15) is 11.4 Å². The van der Waals surface area contributed by atoms with E-state index in [4.69, 9.17) is 4.74 Å². The number of nitrogens with zero attached hydrogens (tertiary/aromatic N) is 1. The fourth-order valence-electron chi connectivity index (χ4n) is 1.59. The molecule has 0 radical (unpaired) electrons. The molecule has 0 saturated carbocycles. The van der Waals surface area contributed by atoms with E-state index in [1.807, 2.05) is 18.2 Å². The van der Waals surface area contributed by atoms with Gasteiger partial charge >= 0.3 is 5.97 Å². The molecule has 0 aliphatic rings. The highest BCUT2D eigenvalue weighted by Gasteiger charge is 2.15. The number of aromatic nitrogens is 2. The van der Waals surface area contributed by atoms with Crippen LogP contribution in [0.2, 0.25) is 0 Å². The Bertz CT molecular complexity index is 580. The van der Waals surface area contributed by atoms with Crippen molar-refractivity contribution < 1.29 is 14.3 Å². The van der Waals surface area contributed by atoms with Gasteiger partial charge in [0.2, 0.25) is 0 Å². The van der Waals surface area contributed by atoms with Crippen molar-refractivity contribution in [2.45, 2.75) is 0 Å². The number of ether oxygens (including phenoxy) is 2. The highest BCUT2D eigenvalue weighted by atomic mass is 79.9. The maximum atomic E-state index is 11.3. The summed E-state index contributed by atoms with van der Waals surface area (Å²) >= 11 is 3.40. The van der Waals surface area contributed by atoms with E-state index >= 15 is 0 Å². The summed E-state index contributed by atoms with van der Waals surface area (Å²) in [6.07, 6.45) is 0. The van der Waals surface area contributed by atoms with Crippen molar-refractivity contribution in [1.29, 1.82) is 0 Å². The van der Waals surface area contributed by atoms with Crippen molar-refractivity contribution in [1.82, 2.24) is 10.2 Å². The molecule has 94 valence electrons. The molecule has 6 heteroatoms. The summed E-state index contributed by atoms with van der Waals surface area (Å²) in [5.74, 6) is 0.211. The molecule has 0 bridgehead atoms. The summed E-state index contributed by atoms with van der Waals surface area (Å²) in [6, 6.07) is 7.22. The summed E-state index contributed by atoms with van der Waals surface area (Å²) in [5, 5.41) is 6.71. The number of benzene rings is 1. The van der Waals surface area contributed by atoms with Crippen molar-refractivity contribution in [3.63, 3.8) is 0 Å². The zero-order valence-electron chi connectivity index (χ0n) is 9.86. The second-order valence-corrected chi connectivity index (χ2v) is 4.33. The molecular weight excluding hydrogens is 300 g/mol. The molecular formula is C12H11BrN2O3. The van der Waals surface area contributed by atoms with Crippen LogP contribution in [0.25, 0.3) is 11.3 Å². The first-order valence-corrected chi connectivity index (χ1v) is 5.93. The normalized spacial score (nSPS) is 10.2. The van der Waals surface area contributed by atoms with Gasteiger partial charge in [-0.1, -0.05) is 6.07 Å². The Balaban J connectivity index is 2.46. The van der Waals surface area contributed by atoms with Gasteiger partial charge in [-0.2, -0.15) is 5.10 Å². The molecule has 0 unspecified atom stereocenters. The number of H-pyrrole nitrogens is 1. The van der Waals surface area contributed by atoms with Gasteiger partial charge in [0.25, 0.3) is 0 Å². The van der Waals surface area contributed by atoms with Crippen molar-refractivity contribution >= 4 is 21.9 Å². The maximum absolute atomic E-state index is 11.3. The van der Waals surface area contributed by atoms with E-state index in [9.17, 15) is 4.79 Å². The second-order valence-electron chi connectivity index (χ2n) is 3.48. The Hall–Kier alpha value is -1.82. The predicted molar refractivity (Wildman–Crippen MR) is 69.6 cm³/mol. The van der Waals surface area contributed by atoms with Gasteiger partial charge in [-0.15, -0.1) is 0 Å². The third-order valence-electron chi connectivity index (χ3n) is 2.43. The SMILES string of the molecule is COC(=O)c1cc(-c2cccc(Br)c2OC)n[nH]1. The zero-order chi connectivity index (χ0) is 13.1. The number of halogens is 1. The zero-order valence-corrected chi connectivity index (χ0v) is 11.4. The minimum absolute atomic E-state index is 0.300. The highest BCUT2D eigenvalue weighted by Crippen LogP contribution is 2.35. The molecule has 5 nitrogen and oxygen atoms in total. The lowest BCUT2D eigenvalue weighted by atomic mass is 10.1. The number of para-hydroxylation sites is 1. The third-order valence-corrected chi connectivity index (χ3v) is 3.05. The lowest BCUT2D eigenvalue weighted by Crippen LogP contribution is -2.00. The highest BCUT2D eigenvalue weighted by molar-refractivity contribution is 9.10. The van der Waals surface area contributed by atoms with Gasteiger partial charge in [-0.25, -0.2) is 4.79 Å². The first-order chi connectivity index (χ1) is 8.67. The van der Waals surface area contributed by atoms with Crippen LogP contribution >= 0.6 is 15.9 Å². The minimum atomic E-state index is -0.456. The first kappa shape index (κ1) is 12.6. The van der Waals surface area contributed by atoms with Gasteiger partial charge in [-0.05, 0) is 34.1 Å². The van der Waals surface area contributed by atoms with Gasteiger partial charge in [0.15, 0.2) is 0 Å². The van der Waals surface area contributed by atoms with Crippen molar-refractivity contribution in [3.8, 4) is 17.0 Å². The lowest BCUT2D eigenvalue weighted by molar-refractivity contribution is 0.0594. The molecule has 0 saturated heterocycles. The van der Waals surface area contributed by atoms with Crippen LogP contribution in [-0.2, 0) is 4.74 Å². The Morgan fingerprint density at radius 1 is 1.39 bits per heavy atom. The number of rotatable bonds is 3. The van der Waals surface area contributed by atoms with Gasteiger partial charge in [0.05, 0.1) is 24.4 Å². The summed E-state index contributed by atoms with van der Waals surface area (Å²) < 4.78 is 10.7. The summed E-state index contributed by atoms with van der Waals surface area (Å²) in [5.41, 5.74) is 1.71. The number of esters is 1. The van der Waals surface area contributed by atoms with E-state index in [1.54, 1.807) is 13.2 Å². The number of nitrogens with one attached hydrogen (secondary N) is 1. The van der Waals surface area contributed by atoms with Crippen LogP contribution in [0.4, 0.5) is 0 Å². The van der Waals surface area contributed by atoms with Gasteiger partial charge < -0.3 is 9.47 Å². The topological polar surface area (TPSA) is 64.2 Å². The number of aromatic amines is 1. The Morgan fingerprint density at radius 3 is 2.83 bits per heavy atom. The van der Waals surface area contributed by atoms with Crippen LogP contribution in [0.5, 0.6) is 5.75 Å². The summed E-state index contributed by atoms with van der Waals surface area (Å²) in [7, 11) is 2.90. The maximum Gasteiger partial charge on any atom is 0.356 e. The van der Waals surface area contributed by atoms with E-state index in [-0.39, 0.29) is 0 Å². The van der Waals surface area contributed by atoms with E-state index < -0.39 is 5.97 Å². The molecule has 1 aromatic heterocycles. The van der Waals surface area contributed by atoms with E-state index in [0.717, 1.165) is 10.0 Å². The lowest BCUT2D eigenvalue weighted by Gasteiger charge is -2.07. The molecule has 0 aliphatic heterocycles. The van der Waals surface area contributed by atoms with Crippen LogP contribution in [0, 0.1) is 0 Å². The van der Waals surface area contributed by atoms with Crippen LogP contribution in [-0.4, -0.2) is 30.4 Å². The van der Waals surface area contributed by atoms with Crippen molar-refractivity contribution in [2.24, 2.45) is 0 Å². The molecule has 0 amide bonds. The molecule has 0 fully saturated rings. The van der Waals surface area contributed by atoms with Crippen LogP contribution in [0.3, 0.4) is 0 Å². The molecule has 2 rings (SSSR count). The molecule has 0 spiro atoms. The van der Waals surface area contributed by atoms with E-state index in [1.165, 1.54) is 7.11 Å². The predicted octanol–water partition coefficient (Wildman–Crippen LogP) is 2.63. The van der Waals surface area contributed by atoms with E-state index in [0.29, 0.717) is 17.1 Å². The minimum Gasteiger partial charge on any atom is -0.495 e. The molecule has 1 aromatic carbocycles. The summed E-state index contributed by atoms with van der Waals surface area (Å²) in [6.45, 7) is 0. The number of carbonyl (C=O) groups is 1. The second kappa shape index (κ2) is 5.22. The van der Waals surface area contributed by atoms with Crippen molar-refractivity contribution in [3.05, 3.63) is 34.4 Å². The number of hydrogen-bond acceptors (Lipinski definition) is 4. The quantitative estimate of drug-likeness (QED) is 0.885. The first-order valence-electron chi connectivity index (χ1n) is 5.14. The smallest absolute Gasteiger partial charge is 0.356 e. The molecule has 18 heavy (non-hydrogen) atoms. The molecule has 0 atom stereocenters. The Kier molecular flexibility index (Phi) is 3.66. The fourth-order valence-corrected chi connectivity index (χ4v) is 2.12. The number of methoxy groups -OCH3 is 2. The van der Waals surface area contributed by atoms with Crippen molar-refractivity contribution in [2.75, 3.05) is 14.2 Å². The average molecular weight is 311 g/mol. The molecule has 1 N–H and O–H groups in total.